The van der Waals surface area contributed by atoms with E-state index in [0.717, 1.165) is 38.8 Å². The van der Waals surface area contributed by atoms with Gasteiger partial charge in [-0.3, -0.25) is 24.1 Å². The average Bonchev–Trinajstić information content (AvgIpc) is 3.78. The third-order valence-electron chi connectivity index (χ3n) is 9.89. The number of halogens is 3. The van der Waals surface area contributed by atoms with Gasteiger partial charge in [-0.15, -0.1) is 11.8 Å². The third kappa shape index (κ3) is 5.11. The van der Waals surface area contributed by atoms with Crippen molar-refractivity contribution in [2.75, 3.05) is 16.8 Å². The van der Waals surface area contributed by atoms with Crippen molar-refractivity contribution in [2.24, 2.45) is 29.6 Å². The predicted molar refractivity (Wildman–Crippen MR) is 184 cm³/mol. The Morgan fingerprint density at radius 2 is 1.70 bits per heavy atom. The van der Waals surface area contributed by atoms with Gasteiger partial charge in [0.2, 0.25) is 11.8 Å². The summed E-state index contributed by atoms with van der Waals surface area (Å²) in [4.78, 5) is 58.7. The van der Waals surface area contributed by atoms with Crippen LogP contribution in [-0.2, 0) is 14.4 Å². The zero-order valence-corrected chi connectivity index (χ0v) is 28.6. The summed E-state index contributed by atoms with van der Waals surface area (Å²) in [6.07, 6.45) is 0.745. The molecule has 240 valence electrons. The Morgan fingerprint density at radius 1 is 0.957 bits per heavy atom. The lowest BCUT2D eigenvalue weighted by molar-refractivity contribution is -0.123. The number of thioether (sulfide) groups is 1. The maximum atomic E-state index is 14.1. The molecular formula is C34H26Cl3N3O5S2. The standard InChI is InChI=1S/C34H26Cl3N3O5S2/c1-14-2-6-17(7-3-14)40-32(42)27-19-12-20(28(27)33(40)43)29-26(19)25(30-31(46-29)39-34(44)47-30)18-10-15(35)4-9-23(18)45-13-24(41)38-16-5-8-21(36)22(37)11-16/h2-11,19-20,25-29H,12-13H2,1H3,(H,38,41)(H,39,44)/t19?,20?,25-,26?,27?,28?,29?/m1/s1. The van der Waals surface area contributed by atoms with Gasteiger partial charge >= 0.3 is 4.87 Å². The lowest BCUT2D eigenvalue weighted by atomic mass is 9.68. The second-order valence-corrected chi connectivity index (χ2v) is 15.9. The van der Waals surface area contributed by atoms with E-state index in [-0.39, 0.29) is 52.2 Å². The Balaban J connectivity index is 1.13. The molecule has 2 saturated carbocycles. The summed E-state index contributed by atoms with van der Waals surface area (Å²) in [5.41, 5.74) is 2.86. The number of aromatic amines is 1. The number of nitrogens with one attached hydrogen (secondary N) is 2. The van der Waals surface area contributed by atoms with Crippen LogP contribution in [0.3, 0.4) is 0 Å². The lowest BCUT2D eigenvalue weighted by Gasteiger charge is -2.43. The molecule has 1 saturated heterocycles. The van der Waals surface area contributed by atoms with E-state index in [1.165, 1.54) is 4.90 Å². The minimum Gasteiger partial charge on any atom is -0.483 e. The third-order valence-corrected chi connectivity index (χ3v) is 13.4. The SMILES string of the molecule is Cc1ccc(N2C(=O)C3C4CC(C3C2=O)C2C4Sc3[nH]c(=O)sc3[C@@H]2c2cc(Cl)ccc2OCC(=O)Nc2ccc(Cl)c(Cl)c2)cc1. The molecule has 6 unspecified atom stereocenters. The van der Waals surface area contributed by atoms with Crippen LogP contribution in [-0.4, -0.2) is 34.6 Å². The highest BCUT2D eigenvalue weighted by Crippen LogP contribution is 2.69. The van der Waals surface area contributed by atoms with Crippen molar-refractivity contribution in [3.05, 3.63) is 101 Å². The Morgan fingerprint density at radius 3 is 2.45 bits per heavy atom. The molecule has 0 radical (unpaired) electrons. The van der Waals surface area contributed by atoms with Gasteiger partial charge in [-0.1, -0.05) is 63.8 Å². The van der Waals surface area contributed by atoms with Gasteiger partial charge in [0.05, 0.1) is 32.6 Å². The minimum atomic E-state index is -0.448. The van der Waals surface area contributed by atoms with Crippen LogP contribution in [0.2, 0.25) is 15.1 Å². The predicted octanol–water partition coefficient (Wildman–Crippen LogP) is 7.40. The van der Waals surface area contributed by atoms with E-state index < -0.39 is 17.7 Å². The van der Waals surface area contributed by atoms with E-state index in [4.69, 9.17) is 39.5 Å². The number of imide groups is 1. The first kappa shape index (κ1) is 31.0. The fraction of sp³-hybridized carbons (Fsp3) is 0.294. The quantitative estimate of drug-likeness (QED) is 0.201. The topological polar surface area (TPSA) is 109 Å². The molecule has 1 aromatic heterocycles. The summed E-state index contributed by atoms with van der Waals surface area (Å²) in [6.45, 7) is 1.67. The van der Waals surface area contributed by atoms with E-state index in [2.05, 4.69) is 10.3 Å². The number of carbonyl (C=O) groups excluding carboxylic acids is 3. The molecule has 4 aliphatic rings. The highest BCUT2D eigenvalue weighted by atomic mass is 35.5. The van der Waals surface area contributed by atoms with Gasteiger partial charge in [0.1, 0.15) is 5.75 Å². The number of anilines is 2. The summed E-state index contributed by atoms with van der Waals surface area (Å²) >= 11 is 21.4. The molecule has 2 aliphatic carbocycles. The number of rotatable bonds is 6. The maximum Gasteiger partial charge on any atom is 0.305 e. The molecule has 3 aromatic carbocycles. The molecule has 47 heavy (non-hydrogen) atoms. The molecule has 2 bridgehead atoms. The Hall–Kier alpha value is -3.28. The highest BCUT2D eigenvalue weighted by molar-refractivity contribution is 8.00. The van der Waals surface area contributed by atoms with Crippen LogP contribution in [0.4, 0.5) is 11.4 Å². The molecule has 3 heterocycles. The zero-order valence-electron chi connectivity index (χ0n) is 24.7. The molecule has 8 nitrogen and oxygen atoms in total. The van der Waals surface area contributed by atoms with Gasteiger partial charge in [-0.05, 0) is 79.6 Å². The second-order valence-electron chi connectivity index (χ2n) is 12.5. The van der Waals surface area contributed by atoms with Crippen molar-refractivity contribution in [3.8, 4) is 5.75 Å². The molecule has 8 rings (SSSR count). The number of thiazole rings is 1. The fourth-order valence-corrected chi connectivity index (χ4v) is 11.5. The number of carbonyl (C=O) groups is 3. The van der Waals surface area contributed by atoms with Gasteiger partial charge in [-0.2, -0.15) is 0 Å². The second kappa shape index (κ2) is 11.7. The smallest absolute Gasteiger partial charge is 0.305 e. The first-order valence-electron chi connectivity index (χ1n) is 15.1. The van der Waals surface area contributed by atoms with E-state index >= 15 is 0 Å². The van der Waals surface area contributed by atoms with Crippen LogP contribution in [0.25, 0.3) is 0 Å². The summed E-state index contributed by atoms with van der Waals surface area (Å²) in [6, 6.07) is 17.5. The molecule has 3 amide bonds. The number of H-pyrrole nitrogens is 1. The number of fused-ring (bicyclic) bond motifs is 9. The summed E-state index contributed by atoms with van der Waals surface area (Å²) < 4.78 is 6.14. The first-order chi connectivity index (χ1) is 22.6. The number of benzene rings is 3. The summed E-state index contributed by atoms with van der Waals surface area (Å²) in [5, 5.41) is 4.69. The van der Waals surface area contributed by atoms with Crippen molar-refractivity contribution >= 4 is 87.0 Å². The number of aryl methyl sites for hydroxylation is 1. The van der Waals surface area contributed by atoms with E-state index in [0.29, 0.717) is 32.2 Å². The van der Waals surface area contributed by atoms with Gasteiger partial charge in [0.25, 0.3) is 5.91 Å². The molecule has 2 N–H and O–H groups in total. The number of amides is 3. The number of nitrogens with zero attached hydrogens (tertiary/aromatic N) is 1. The molecule has 0 spiro atoms. The number of ether oxygens (including phenoxy) is 1. The number of aromatic nitrogens is 1. The molecule has 4 aromatic rings. The van der Waals surface area contributed by atoms with Gasteiger partial charge in [-0.25, -0.2) is 0 Å². The number of hydrogen-bond acceptors (Lipinski definition) is 7. The normalized spacial score (nSPS) is 27.1. The van der Waals surface area contributed by atoms with Gasteiger partial charge < -0.3 is 15.0 Å². The molecule has 3 fully saturated rings. The van der Waals surface area contributed by atoms with Crippen molar-refractivity contribution in [1.29, 1.82) is 0 Å². The van der Waals surface area contributed by atoms with Crippen molar-refractivity contribution in [1.82, 2.24) is 4.98 Å². The van der Waals surface area contributed by atoms with Crippen LogP contribution in [0, 0.1) is 36.5 Å². The Kier molecular flexibility index (Phi) is 7.72. The molecule has 2 aliphatic heterocycles. The van der Waals surface area contributed by atoms with Crippen LogP contribution < -0.4 is 19.8 Å². The van der Waals surface area contributed by atoms with Crippen molar-refractivity contribution < 1.29 is 19.1 Å². The Labute approximate surface area is 292 Å². The van der Waals surface area contributed by atoms with Crippen LogP contribution >= 0.6 is 57.9 Å². The largest absolute Gasteiger partial charge is 0.483 e. The van der Waals surface area contributed by atoms with Gasteiger partial charge in [0, 0.05) is 32.3 Å². The van der Waals surface area contributed by atoms with Crippen LogP contribution in [0.1, 0.15) is 28.3 Å². The summed E-state index contributed by atoms with van der Waals surface area (Å²) in [7, 11) is 0. The molecule has 7 atom stereocenters. The first-order valence-corrected chi connectivity index (χ1v) is 17.9. The van der Waals surface area contributed by atoms with Crippen LogP contribution in [0.15, 0.2) is 70.5 Å². The van der Waals surface area contributed by atoms with Gasteiger partial charge in [0.15, 0.2) is 6.61 Å². The van der Waals surface area contributed by atoms with Crippen molar-refractivity contribution in [3.63, 3.8) is 0 Å². The van der Waals surface area contributed by atoms with E-state index in [9.17, 15) is 19.2 Å². The minimum absolute atomic E-state index is 0.0106. The maximum absolute atomic E-state index is 14.1. The van der Waals surface area contributed by atoms with Crippen LogP contribution in [0.5, 0.6) is 5.75 Å². The Bertz CT molecular complexity index is 2030. The lowest BCUT2D eigenvalue weighted by Crippen LogP contribution is -2.42. The highest BCUT2D eigenvalue weighted by Gasteiger charge is 2.69. The number of hydrogen-bond donors (Lipinski definition) is 2. The molecule has 13 heteroatoms. The fourth-order valence-electron chi connectivity index (χ4n) is 8.12. The molecular weight excluding hydrogens is 701 g/mol. The van der Waals surface area contributed by atoms with Crippen molar-refractivity contribution in [2.45, 2.75) is 29.5 Å². The van der Waals surface area contributed by atoms with E-state index in [1.54, 1.807) is 42.1 Å². The zero-order chi connectivity index (χ0) is 32.7. The monoisotopic (exact) mass is 725 g/mol. The average molecular weight is 727 g/mol. The van der Waals surface area contributed by atoms with E-state index in [1.807, 2.05) is 37.3 Å². The summed E-state index contributed by atoms with van der Waals surface area (Å²) in [5.74, 6) is -1.63.